The molecule has 1 atom stereocenters. The van der Waals surface area contributed by atoms with Gasteiger partial charge in [0.25, 0.3) is 5.91 Å². The normalized spacial score (nSPS) is 11.7. The summed E-state index contributed by atoms with van der Waals surface area (Å²) in [7, 11) is 0. The van der Waals surface area contributed by atoms with E-state index >= 15 is 0 Å². The van der Waals surface area contributed by atoms with Crippen LogP contribution in [0.1, 0.15) is 17.3 Å². The number of aliphatic hydroxyl groups is 1. The molecule has 0 spiro atoms. The van der Waals surface area contributed by atoms with E-state index in [-0.39, 0.29) is 37.4 Å². The van der Waals surface area contributed by atoms with E-state index in [2.05, 4.69) is 10.6 Å². The van der Waals surface area contributed by atoms with Crippen molar-refractivity contribution in [3.8, 4) is 0 Å². The van der Waals surface area contributed by atoms with Gasteiger partial charge in [-0.1, -0.05) is 6.92 Å². The Labute approximate surface area is 112 Å². The number of aliphatic hydroxyl groups excluding tert-OH is 1. The minimum atomic E-state index is -0.262. The standard InChI is InChI=1S/C13H19N3O3/c1-9(8-14)12(18)16-11-4-2-10(3-5-11)13(19)15-6-7-17/h2-5,9,17H,6-8,14H2,1H3,(H,15,19)(H,16,18). The quantitative estimate of drug-likeness (QED) is 0.578. The van der Waals surface area contributed by atoms with Crippen molar-refractivity contribution >= 4 is 17.5 Å². The van der Waals surface area contributed by atoms with Crippen molar-refractivity contribution in [3.63, 3.8) is 0 Å². The number of hydrogen-bond donors (Lipinski definition) is 4. The molecule has 0 bridgehead atoms. The Morgan fingerprint density at radius 3 is 2.47 bits per heavy atom. The van der Waals surface area contributed by atoms with Crippen LogP contribution in [-0.2, 0) is 4.79 Å². The minimum absolute atomic E-state index is 0.100. The van der Waals surface area contributed by atoms with Gasteiger partial charge in [0.1, 0.15) is 0 Å². The summed E-state index contributed by atoms with van der Waals surface area (Å²) in [5.41, 5.74) is 6.49. The first-order chi connectivity index (χ1) is 9.08. The molecule has 6 heteroatoms. The second-order valence-electron chi connectivity index (χ2n) is 4.18. The number of anilines is 1. The molecule has 0 aromatic heterocycles. The Bertz CT molecular complexity index is 431. The van der Waals surface area contributed by atoms with Crippen molar-refractivity contribution in [2.45, 2.75) is 6.92 Å². The number of nitrogens with two attached hydrogens (primary N) is 1. The van der Waals surface area contributed by atoms with Gasteiger partial charge in [0.2, 0.25) is 5.91 Å². The van der Waals surface area contributed by atoms with E-state index in [1.54, 1.807) is 31.2 Å². The van der Waals surface area contributed by atoms with Gasteiger partial charge in [0.05, 0.1) is 6.61 Å². The van der Waals surface area contributed by atoms with Gasteiger partial charge in [-0.05, 0) is 24.3 Å². The molecule has 0 saturated heterocycles. The van der Waals surface area contributed by atoms with Crippen molar-refractivity contribution in [1.29, 1.82) is 0 Å². The average molecular weight is 265 g/mol. The highest BCUT2D eigenvalue weighted by Crippen LogP contribution is 2.10. The molecule has 0 heterocycles. The van der Waals surface area contributed by atoms with Crippen LogP contribution in [0.15, 0.2) is 24.3 Å². The number of rotatable bonds is 6. The lowest BCUT2D eigenvalue weighted by Crippen LogP contribution is -2.27. The summed E-state index contributed by atoms with van der Waals surface area (Å²) in [6.45, 7) is 2.14. The summed E-state index contributed by atoms with van der Waals surface area (Å²) >= 11 is 0. The van der Waals surface area contributed by atoms with Gasteiger partial charge in [-0.3, -0.25) is 9.59 Å². The van der Waals surface area contributed by atoms with Crippen molar-refractivity contribution in [2.75, 3.05) is 25.0 Å². The predicted molar refractivity (Wildman–Crippen MR) is 72.7 cm³/mol. The maximum absolute atomic E-state index is 11.6. The fourth-order valence-electron chi connectivity index (χ4n) is 1.35. The second kappa shape index (κ2) is 7.50. The van der Waals surface area contributed by atoms with Crippen molar-refractivity contribution in [3.05, 3.63) is 29.8 Å². The Kier molecular flexibility index (Phi) is 5.98. The lowest BCUT2D eigenvalue weighted by Gasteiger charge is -2.10. The van der Waals surface area contributed by atoms with Crippen LogP contribution in [0, 0.1) is 5.92 Å². The van der Waals surface area contributed by atoms with Crippen molar-refractivity contribution < 1.29 is 14.7 Å². The van der Waals surface area contributed by atoms with Gasteiger partial charge >= 0.3 is 0 Å². The zero-order chi connectivity index (χ0) is 14.3. The van der Waals surface area contributed by atoms with Crippen LogP contribution in [0.2, 0.25) is 0 Å². The highest BCUT2D eigenvalue weighted by molar-refractivity contribution is 5.96. The van der Waals surface area contributed by atoms with E-state index in [9.17, 15) is 9.59 Å². The van der Waals surface area contributed by atoms with E-state index < -0.39 is 0 Å². The third kappa shape index (κ3) is 4.69. The summed E-state index contributed by atoms with van der Waals surface area (Å²) in [6, 6.07) is 6.51. The smallest absolute Gasteiger partial charge is 0.251 e. The van der Waals surface area contributed by atoms with Gasteiger partial charge in [-0.25, -0.2) is 0 Å². The van der Waals surface area contributed by atoms with E-state index in [0.717, 1.165) is 0 Å². The van der Waals surface area contributed by atoms with E-state index in [4.69, 9.17) is 10.8 Å². The molecular formula is C13H19N3O3. The van der Waals surface area contributed by atoms with Crippen LogP contribution in [-0.4, -0.2) is 36.6 Å². The molecule has 0 aliphatic carbocycles. The first-order valence-corrected chi connectivity index (χ1v) is 6.08. The van der Waals surface area contributed by atoms with E-state index in [0.29, 0.717) is 11.3 Å². The zero-order valence-electron chi connectivity index (χ0n) is 10.8. The molecule has 2 amide bonds. The fourth-order valence-corrected chi connectivity index (χ4v) is 1.35. The van der Waals surface area contributed by atoms with Crippen LogP contribution in [0.4, 0.5) is 5.69 Å². The van der Waals surface area contributed by atoms with Crippen LogP contribution < -0.4 is 16.4 Å². The third-order valence-corrected chi connectivity index (χ3v) is 2.61. The molecule has 1 rings (SSSR count). The maximum atomic E-state index is 11.6. The Hall–Kier alpha value is -1.92. The molecule has 19 heavy (non-hydrogen) atoms. The SMILES string of the molecule is CC(CN)C(=O)Nc1ccc(C(=O)NCCO)cc1. The molecule has 5 N–H and O–H groups in total. The third-order valence-electron chi connectivity index (χ3n) is 2.61. The summed E-state index contributed by atoms with van der Waals surface area (Å²) in [5, 5.41) is 13.9. The molecule has 0 aliphatic rings. The second-order valence-corrected chi connectivity index (χ2v) is 4.18. The van der Waals surface area contributed by atoms with Crippen molar-refractivity contribution in [1.82, 2.24) is 5.32 Å². The summed E-state index contributed by atoms with van der Waals surface area (Å²) in [6.07, 6.45) is 0. The van der Waals surface area contributed by atoms with Crippen molar-refractivity contribution in [2.24, 2.45) is 11.7 Å². The topological polar surface area (TPSA) is 104 Å². The summed E-state index contributed by atoms with van der Waals surface area (Å²) in [5.74, 6) is -0.672. The summed E-state index contributed by atoms with van der Waals surface area (Å²) < 4.78 is 0. The first-order valence-electron chi connectivity index (χ1n) is 6.08. The molecular weight excluding hydrogens is 246 g/mol. The molecule has 0 saturated carbocycles. The van der Waals surface area contributed by atoms with E-state index in [1.165, 1.54) is 0 Å². The van der Waals surface area contributed by atoms with Gasteiger partial charge in [0, 0.05) is 30.3 Å². The lowest BCUT2D eigenvalue weighted by atomic mass is 10.1. The first kappa shape index (κ1) is 15.1. The Morgan fingerprint density at radius 1 is 1.32 bits per heavy atom. The molecule has 6 nitrogen and oxygen atoms in total. The largest absolute Gasteiger partial charge is 0.395 e. The highest BCUT2D eigenvalue weighted by atomic mass is 16.3. The number of carbonyl (C=O) groups is 2. The van der Waals surface area contributed by atoms with Gasteiger partial charge in [0.15, 0.2) is 0 Å². The van der Waals surface area contributed by atoms with E-state index in [1.807, 2.05) is 0 Å². The molecule has 104 valence electrons. The van der Waals surface area contributed by atoms with Crippen LogP contribution in [0.5, 0.6) is 0 Å². The molecule has 0 aliphatic heterocycles. The zero-order valence-corrected chi connectivity index (χ0v) is 10.8. The van der Waals surface area contributed by atoms with Gasteiger partial charge in [-0.15, -0.1) is 0 Å². The van der Waals surface area contributed by atoms with Gasteiger partial charge in [-0.2, -0.15) is 0 Å². The number of amides is 2. The molecule has 1 aromatic rings. The summed E-state index contributed by atoms with van der Waals surface area (Å²) in [4.78, 5) is 23.2. The highest BCUT2D eigenvalue weighted by Gasteiger charge is 2.11. The molecule has 0 radical (unpaired) electrons. The molecule has 0 fully saturated rings. The number of carbonyl (C=O) groups excluding carboxylic acids is 2. The number of hydrogen-bond acceptors (Lipinski definition) is 4. The number of benzene rings is 1. The molecule has 1 unspecified atom stereocenters. The fraction of sp³-hybridized carbons (Fsp3) is 0.385. The van der Waals surface area contributed by atoms with Gasteiger partial charge < -0.3 is 21.5 Å². The Balaban J connectivity index is 2.61. The molecule has 1 aromatic carbocycles. The lowest BCUT2D eigenvalue weighted by molar-refractivity contribution is -0.119. The maximum Gasteiger partial charge on any atom is 0.251 e. The monoisotopic (exact) mass is 265 g/mol. The predicted octanol–water partition coefficient (Wildman–Crippen LogP) is -0.0580. The van der Waals surface area contributed by atoms with Crippen LogP contribution in [0.25, 0.3) is 0 Å². The average Bonchev–Trinajstić information content (AvgIpc) is 2.44. The van der Waals surface area contributed by atoms with Crippen LogP contribution in [0.3, 0.4) is 0 Å². The minimum Gasteiger partial charge on any atom is -0.395 e. The number of nitrogens with one attached hydrogen (secondary N) is 2. The Morgan fingerprint density at radius 2 is 1.95 bits per heavy atom. The van der Waals surface area contributed by atoms with Crippen LogP contribution >= 0.6 is 0 Å².